The molecule has 2 aliphatic rings. The minimum Gasteiger partial charge on any atom is -0.292 e. The van der Waals surface area contributed by atoms with Gasteiger partial charge in [-0.1, -0.05) is 48.0 Å². The Kier molecular flexibility index (Phi) is 5.86. The van der Waals surface area contributed by atoms with Gasteiger partial charge in [-0.15, -0.1) is 0 Å². The molecule has 0 fully saturated rings. The van der Waals surface area contributed by atoms with Gasteiger partial charge in [-0.3, -0.25) is 14.9 Å². The maximum atomic E-state index is 12.4. The summed E-state index contributed by atoms with van der Waals surface area (Å²) in [5.74, 6) is -0.139. The van der Waals surface area contributed by atoms with Crippen molar-refractivity contribution in [1.29, 1.82) is 0 Å². The van der Waals surface area contributed by atoms with Gasteiger partial charge in [0, 0.05) is 25.5 Å². The second kappa shape index (κ2) is 8.99. The molecule has 3 aromatic carbocycles. The van der Waals surface area contributed by atoms with Crippen molar-refractivity contribution in [3.05, 3.63) is 100 Å². The molecule has 1 unspecified atom stereocenters. The molecule has 0 saturated carbocycles. The number of benzene rings is 3. The van der Waals surface area contributed by atoms with Gasteiger partial charge in [0.1, 0.15) is 0 Å². The number of para-hydroxylation sites is 1. The van der Waals surface area contributed by atoms with E-state index < -0.39 is 9.92 Å². The fourth-order valence-electron chi connectivity index (χ4n) is 4.21. The summed E-state index contributed by atoms with van der Waals surface area (Å²) in [6.07, 6.45) is 1.29. The number of aryl methyl sites for hydroxylation is 1. The summed E-state index contributed by atoms with van der Waals surface area (Å²) in [6, 6.07) is 24.3. The molecular weight excluding hydrogens is 462 g/mol. The van der Waals surface area contributed by atoms with Gasteiger partial charge in [-0.25, -0.2) is 10.0 Å². The highest BCUT2D eigenvalue weighted by atomic mass is 32.2. The number of Topliss-reactive ketones (excluding diaryl/α,β-unsaturated/α-hetero) is 1. The van der Waals surface area contributed by atoms with Crippen LogP contribution in [0.4, 0.5) is 17.1 Å². The van der Waals surface area contributed by atoms with E-state index in [0.717, 1.165) is 17.0 Å². The number of non-ortho nitro benzene ring substituents is 1. The smallest absolute Gasteiger partial charge is 0.269 e. The molecule has 3 aromatic rings. The number of anilines is 2. The van der Waals surface area contributed by atoms with Crippen molar-refractivity contribution in [1.82, 2.24) is 0 Å². The number of nitrogens with zero attached hydrogens (tertiary/aromatic N) is 5. The predicted octanol–water partition coefficient (Wildman–Crippen LogP) is 5.72. The Labute approximate surface area is 207 Å². The highest BCUT2D eigenvalue weighted by Crippen LogP contribution is 2.50. The molecule has 176 valence electrons. The lowest BCUT2D eigenvalue weighted by Crippen LogP contribution is -2.56. The van der Waals surface area contributed by atoms with Crippen molar-refractivity contribution in [2.24, 2.45) is 10.2 Å². The molecule has 2 aliphatic heterocycles. The van der Waals surface area contributed by atoms with Crippen LogP contribution in [-0.2, 0) is 4.79 Å². The molecule has 0 amide bonds. The number of thioether (sulfide) groups is 1. The number of hydrogen-bond acceptors (Lipinski definition) is 8. The molecule has 8 nitrogen and oxygen atoms in total. The van der Waals surface area contributed by atoms with Crippen LogP contribution in [0.3, 0.4) is 0 Å². The van der Waals surface area contributed by atoms with Gasteiger partial charge in [0.05, 0.1) is 22.0 Å². The zero-order valence-corrected chi connectivity index (χ0v) is 20.1. The maximum absolute atomic E-state index is 12.4. The summed E-state index contributed by atoms with van der Waals surface area (Å²) in [5, 5.41) is 25.0. The highest BCUT2D eigenvalue weighted by Gasteiger charge is 2.52. The van der Waals surface area contributed by atoms with Crippen LogP contribution in [0.1, 0.15) is 30.9 Å². The molecule has 0 aliphatic carbocycles. The second-order valence-electron chi connectivity index (χ2n) is 8.45. The number of carbonyl (C=O) groups is 1. The van der Waals surface area contributed by atoms with E-state index in [1.807, 2.05) is 35.3 Å². The zero-order chi connectivity index (χ0) is 24.6. The van der Waals surface area contributed by atoms with Crippen LogP contribution in [0.25, 0.3) is 0 Å². The molecule has 1 spiro atoms. The fourth-order valence-corrected chi connectivity index (χ4v) is 5.45. The first-order valence-corrected chi connectivity index (χ1v) is 12.0. The molecule has 0 aromatic heterocycles. The average molecular weight is 486 g/mol. The minimum atomic E-state index is -0.841. The van der Waals surface area contributed by atoms with Crippen molar-refractivity contribution in [3.63, 3.8) is 0 Å². The van der Waals surface area contributed by atoms with Crippen LogP contribution >= 0.6 is 11.8 Å². The summed E-state index contributed by atoms with van der Waals surface area (Å²) < 4.78 is 0. The van der Waals surface area contributed by atoms with Crippen LogP contribution < -0.4 is 10.0 Å². The van der Waals surface area contributed by atoms with Crippen LogP contribution in [0.2, 0.25) is 0 Å². The van der Waals surface area contributed by atoms with Crippen LogP contribution in [0.15, 0.2) is 89.1 Å². The van der Waals surface area contributed by atoms with Gasteiger partial charge < -0.3 is 0 Å². The predicted molar refractivity (Wildman–Crippen MR) is 140 cm³/mol. The number of rotatable bonds is 5. The van der Waals surface area contributed by atoms with E-state index in [2.05, 4.69) is 36.3 Å². The van der Waals surface area contributed by atoms with Gasteiger partial charge in [-0.05, 0) is 54.9 Å². The first-order valence-electron chi connectivity index (χ1n) is 11.2. The third-order valence-electron chi connectivity index (χ3n) is 6.01. The number of hydrazone groups is 2. The molecule has 2 heterocycles. The summed E-state index contributed by atoms with van der Waals surface area (Å²) in [7, 11) is 0. The van der Waals surface area contributed by atoms with E-state index in [0.29, 0.717) is 23.6 Å². The molecular formula is C26H23N5O3S. The lowest BCUT2D eigenvalue weighted by Gasteiger charge is -2.46. The molecule has 0 radical (unpaired) electrons. The average Bonchev–Trinajstić information content (AvgIpc) is 3.25. The van der Waals surface area contributed by atoms with Crippen molar-refractivity contribution in [2.45, 2.75) is 31.7 Å². The van der Waals surface area contributed by atoms with E-state index in [1.54, 1.807) is 17.1 Å². The van der Waals surface area contributed by atoms with Crippen molar-refractivity contribution in [3.8, 4) is 0 Å². The van der Waals surface area contributed by atoms with Crippen molar-refractivity contribution >= 4 is 45.4 Å². The third kappa shape index (κ3) is 4.19. The molecule has 1 atom stereocenters. The number of ketones is 1. The Balaban J connectivity index is 1.64. The first kappa shape index (κ1) is 22.8. The standard InChI is InChI=1S/C26H23N5O3S/c1-18-8-10-20(11-9-18)24-16-17-26(29(27-24)21-6-4-3-5-7-21)30(28-25(35-26)19(2)32)22-12-14-23(15-13-22)31(33)34/h3-15H,16-17H2,1-2H3. The van der Waals surface area contributed by atoms with Gasteiger partial charge in [0.25, 0.3) is 5.69 Å². The van der Waals surface area contributed by atoms with Crippen LogP contribution in [0, 0.1) is 17.0 Å². The summed E-state index contributed by atoms with van der Waals surface area (Å²) >= 11 is 1.37. The highest BCUT2D eigenvalue weighted by molar-refractivity contribution is 8.17. The molecule has 0 N–H and O–H groups in total. The normalized spacial score (nSPS) is 19.5. The Morgan fingerprint density at radius 1 is 0.943 bits per heavy atom. The van der Waals surface area contributed by atoms with Gasteiger partial charge in [-0.2, -0.15) is 10.2 Å². The second-order valence-corrected chi connectivity index (χ2v) is 9.70. The molecule has 0 saturated heterocycles. The van der Waals surface area contributed by atoms with Crippen LogP contribution in [-0.4, -0.2) is 26.5 Å². The molecule has 5 rings (SSSR count). The fraction of sp³-hybridized carbons (Fsp3) is 0.192. The topological polar surface area (TPSA) is 91.4 Å². The van der Waals surface area contributed by atoms with E-state index in [1.165, 1.54) is 36.4 Å². The number of hydrogen-bond donors (Lipinski definition) is 0. The number of carbonyl (C=O) groups excluding carboxylic acids is 1. The quantitative estimate of drug-likeness (QED) is 0.339. The Morgan fingerprint density at radius 2 is 1.57 bits per heavy atom. The SMILES string of the molecule is CC(=O)C1=NN(c2ccc([N+](=O)[O-])cc2)C2(CCC(c3ccc(C)cc3)=NN2c2ccccc2)S1. The Hall–Kier alpha value is -3.98. The van der Waals surface area contributed by atoms with Gasteiger partial charge in [0.15, 0.2) is 10.8 Å². The lowest BCUT2D eigenvalue weighted by molar-refractivity contribution is -0.384. The molecule has 0 bridgehead atoms. The minimum absolute atomic E-state index is 0.00587. The Bertz CT molecular complexity index is 1340. The lowest BCUT2D eigenvalue weighted by atomic mass is 10.0. The third-order valence-corrected chi connectivity index (χ3v) is 7.45. The van der Waals surface area contributed by atoms with Gasteiger partial charge >= 0.3 is 0 Å². The zero-order valence-electron chi connectivity index (χ0n) is 19.3. The van der Waals surface area contributed by atoms with E-state index in [9.17, 15) is 14.9 Å². The van der Waals surface area contributed by atoms with Gasteiger partial charge in [0.2, 0.25) is 4.99 Å². The number of nitro benzene ring substituents is 1. The monoisotopic (exact) mass is 485 g/mol. The van der Waals surface area contributed by atoms with Crippen molar-refractivity contribution < 1.29 is 9.72 Å². The summed E-state index contributed by atoms with van der Waals surface area (Å²) in [5.41, 5.74) is 4.67. The van der Waals surface area contributed by atoms with E-state index >= 15 is 0 Å². The molecule has 35 heavy (non-hydrogen) atoms. The molecule has 9 heteroatoms. The van der Waals surface area contributed by atoms with E-state index in [4.69, 9.17) is 5.10 Å². The Morgan fingerprint density at radius 3 is 2.20 bits per heavy atom. The summed E-state index contributed by atoms with van der Waals surface area (Å²) in [4.78, 5) is 22.3. The van der Waals surface area contributed by atoms with Crippen molar-refractivity contribution in [2.75, 3.05) is 10.0 Å². The maximum Gasteiger partial charge on any atom is 0.269 e. The first-order chi connectivity index (χ1) is 16.9. The summed E-state index contributed by atoms with van der Waals surface area (Å²) in [6.45, 7) is 3.55. The largest absolute Gasteiger partial charge is 0.292 e. The van der Waals surface area contributed by atoms with E-state index in [-0.39, 0.29) is 11.5 Å². The van der Waals surface area contributed by atoms with Crippen LogP contribution in [0.5, 0.6) is 0 Å². The number of nitro groups is 1.